The number of rotatable bonds is 6. The molecule has 3 heteroatoms. The van der Waals surface area contributed by atoms with Gasteiger partial charge in [-0.1, -0.05) is 34.1 Å². The average molecular weight is 216 g/mol. The maximum absolute atomic E-state index is 11.4. The molecule has 15 heavy (non-hydrogen) atoms. The Morgan fingerprint density at radius 1 is 1.13 bits per heavy atom. The van der Waals surface area contributed by atoms with E-state index in [1.54, 1.807) is 0 Å². The highest BCUT2D eigenvalue weighted by Gasteiger charge is 2.18. The van der Waals surface area contributed by atoms with Crippen molar-refractivity contribution in [2.75, 3.05) is 0 Å². The molecule has 0 rings (SSSR count). The second kappa shape index (κ2) is 7.55. The molecule has 2 unspecified atom stereocenters. The summed E-state index contributed by atoms with van der Waals surface area (Å²) in [6.45, 7) is 10.0. The van der Waals surface area contributed by atoms with Crippen molar-refractivity contribution in [1.82, 2.24) is 0 Å². The first-order valence-corrected chi connectivity index (χ1v) is 5.88. The minimum atomic E-state index is -0.531. The molecule has 0 radical (unpaired) electrons. The molecule has 0 amide bonds. The quantitative estimate of drug-likeness (QED) is 0.634. The van der Waals surface area contributed by atoms with Gasteiger partial charge in [0.2, 0.25) is 0 Å². The average Bonchev–Trinajstić information content (AvgIpc) is 2.13. The molecule has 0 N–H and O–H groups in total. The number of hydrogen-bond donors (Lipinski definition) is 0. The Kier molecular flexibility index (Phi) is 7.18. The van der Waals surface area contributed by atoms with Gasteiger partial charge in [0.1, 0.15) is 12.2 Å². The lowest BCUT2D eigenvalue weighted by Gasteiger charge is -2.20. The van der Waals surface area contributed by atoms with E-state index in [0.717, 1.165) is 19.3 Å². The van der Waals surface area contributed by atoms with Gasteiger partial charge in [0.15, 0.2) is 0 Å². The minimum absolute atomic E-state index is 0.0358. The fourth-order valence-electron chi connectivity index (χ4n) is 1.47. The molecule has 2 atom stereocenters. The summed E-state index contributed by atoms with van der Waals surface area (Å²) in [6.07, 6.45) is 2.10. The van der Waals surface area contributed by atoms with Crippen LogP contribution in [0.3, 0.4) is 0 Å². The van der Waals surface area contributed by atoms with E-state index in [2.05, 4.69) is 6.92 Å². The summed E-state index contributed by atoms with van der Waals surface area (Å²) >= 11 is 0. The van der Waals surface area contributed by atoms with Crippen LogP contribution in [0.4, 0.5) is 4.79 Å². The molecule has 3 nitrogen and oxygen atoms in total. The van der Waals surface area contributed by atoms with Gasteiger partial charge in [0, 0.05) is 0 Å². The molecule has 90 valence electrons. The molecule has 0 fully saturated rings. The lowest BCUT2D eigenvalue weighted by atomic mass is 10.1. The highest BCUT2D eigenvalue weighted by atomic mass is 16.7. The fraction of sp³-hybridized carbons (Fsp3) is 0.917. The van der Waals surface area contributed by atoms with Gasteiger partial charge in [0.05, 0.1) is 0 Å². The van der Waals surface area contributed by atoms with E-state index in [0.29, 0.717) is 5.92 Å². The van der Waals surface area contributed by atoms with Crippen LogP contribution >= 0.6 is 0 Å². The van der Waals surface area contributed by atoms with E-state index in [1.165, 1.54) is 0 Å². The topological polar surface area (TPSA) is 35.5 Å². The van der Waals surface area contributed by atoms with Crippen LogP contribution in [0.1, 0.15) is 53.9 Å². The van der Waals surface area contributed by atoms with Crippen LogP contribution in [-0.4, -0.2) is 18.4 Å². The van der Waals surface area contributed by atoms with Crippen molar-refractivity contribution in [2.24, 2.45) is 5.92 Å². The highest BCUT2D eigenvalue weighted by Crippen LogP contribution is 2.12. The predicted molar refractivity (Wildman–Crippen MR) is 60.9 cm³/mol. The third kappa shape index (κ3) is 6.37. The van der Waals surface area contributed by atoms with Gasteiger partial charge in [-0.2, -0.15) is 0 Å². The molecule has 0 aliphatic carbocycles. The van der Waals surface area contributed by atoms with E-state index in [4.69, 9.17) is 9.47 Å². The van der Waals surface area contributed by atoms with Gasteiger partial charge in [0.25, 0.3) is 0 Å². The van der Waals surface area contributed by atoms with Crippen molar-refractivity contribution < 1.29 is 14.3 Å². The maximum atomic E-state index is 11.4. The Morgan fingerprint density at radius 2 is 1.73 bits per heavy atom. The molecule has 0 heterocycles. The van der Waals surface area contributed by atoms with Gasteiger partial charge in [-0.3, -0.25) is 0 Å². The van der Waals surface area contributed by atoms with Gasteiger partial charge in [-0.25, -0.2) is 4.79 Å². The molecule has 0 aliphatic heterocycles. The van der Waals surface area contributed by atoms with Crippen LogP contribution in [-0.2, 0) is 9.47 Å². The Hall–Kier alpha value is -0.730. The van der Waals surface area contributed by atoms with Gasteiger partial charge in [-0.05, 0) is 25.7 Å². The number of carbonyl (C=O) groups is 1. The van der Waals surface area contributed by atoms with Crippen molar-refractivity contribution in [2.45, 2.75) is 66.1 Å². The molecule has 0 aliphatic rings. The Morgan fingerprint density at radius 3 is 2.13 bits per heavy atom. The fourth-order valence-corrected chi connectivity index (χ4v) is 1.47. The SMILES string of the molecule is CCCC(C)OC(=O)OC(CC)C(C)C. The zero-order chi connectivity index (χ0) is 11.8. The third-order valence-corrected chi connectivity index (χ3v) is 2.39. The summed E-state index contributed by atoms with van der Waals surface area (Å²) < 4.78 is 10.3. The molecule has 0 aromatic heterocycles. The minimum Gasteiger partial charge on any atom is -0.431 e. The normalized spacial score (nSPS) is 14.8. The summed E-state index contributed by atoms with van der Waals surface area (Å²) in [5, 5.41) is 0. The number of carbonyl (C=O) groups excluding carboxylic acids is 1. The number of hydrogen-bond acceptors (Lipinski definition) is 3. The van der Waals surface area contributed by atoms with Crippen molar-refractivity contribution in [3.8, 4) is 0 Å². The highest BCUT2D eigenvalue weighted by molar-refractivity contribution is 5.60. The molecule has 0 saturated carbocycles. The summed E-state index contributed by atoms with van der Waals surface area (Å²) in [7, 11) is 0. The molecular weight excluding hydrogens is 192 g/mol. The Labute approximate surface area is 93.1 Å². The Balaban J connectivity index is 3.90. The van der Waals surface area contributed by atoms with Gasteiger partial charge >= 0.3 is 6.16 Å². The first-order chi connectivity index (χ1) is 7.01. The predicted octanol–water partition coefficient (Wildman–Crippen LogP) is 3.76. The summed E-state index contributed by atoms with van der Waals surface area (Å²) in [5.74, 6) is 0.337. The van der Waals surface area contributed by atoms with Crippen LogP contribution in [0.25, 0.3) is 0 Å². The molecule has 0 spiro atoms. The summed E-state index contributed by atoms with van der Waals surface area (Å²) in [4.78, 5) is 11.4. The smallest absolute Gasteiger partial charge is 0.431 e. The van der Waals surface area contributed by atoms with Crippen LogP contribution in [0, 0.1) is 5.92 Å². The van der Waals surface area contributed by atoms with Crippen LogP contribution < -0.4 is 0 Å². The molecular formula is C12H24O3. The van der Waals surface area contributed by atoms with Crippen molar-refractivity contribution >= 4 is 6.16 Å². The maximum Gasteiger partial charge on any atom is 0.508 e. The second-order valence-electron chi connectivity index (χ2n) is 4.28. The van der Waals surface area contributed by atoms with Gasteiger partial charge in [-0.15, -0.1) is 0 Å². The van der Waals surface area contributed by atoms with Crippen LogP contribution in [0.2, 0.25) is 0 Å². The molecule has 0 bridgehead atoms. The molecule has 0 saturated heterocycles. The zero-order valence-electron chi connectivity index (χ0n) is 10.6. The number of ether oxygens (including phenoxy) is 2. The van der Waals surface area contributed by atoms with Crippen molar-refractivity contribution in [1.29, 1.82) is 0 Å². The molecule has 0 aromatic rings. The van der Waals surface area contributed by atoms with Crippen molar-refractivity contribution in [3.63, 3.8) is 0 Å². The monoisotopic (exact) mass is 216 g/mol. The van der Waals surface area contributed by atoms with E-state index in [1.807, 2.05) is 27.7 Å². The van der Waals surface area contributed by atoms with Crippen molar-refractivity contribution in [3.05, 3.63) is 0 Å². The third-order valence-electron chi connectivity index (χ3n) is 2.39. The second-order valence-corrected chi connectivity index (χ2v) is 4.28. The van der Waals surface area contributed by atoms with Gasteiger partial charge < -0.3 is 9.47 Å². The summed E-state index contributed by atoms with van der Waals surface area (Å²) in [6, 6.07) is 0. The van der Waals surface area contributed by atoms with Crippen LogP contribution in [0.15, 0.2) is 0 Å². The van der Waals surface area contributed by atoms with E-state index in [-0.39, 0.29) is 12.2 Å². The summed E-state index contributed by atoms with van der Waals surface area (Å²) in [5.41, 5.74) is 0. The van der Waals surface area contributed by atoms with Crippen LogP contribution in [0.5, 0.6) is 0 Å². The van der Waals surface area contributed by atoms with E-state index < -0.39 is 6.16 Å². The Bertz CT molecular complexity index is 178. The van der Waals surface area contributed by atoms with E-state index >= 15 is 0 Å². The lowest BCUT2D eigenvalue weighted by Crippen LogP contribution is -2.25. The largest absolute Gasteiger partial charge is 0.508 e. The van der Waals surface area contributed by atoms with E-state index in [9.17, 15) is 4.79 Å². The standard InChI is InChI=1S/C12H24O3/c1-6-8-10(5)14-12(13)15-11(7-2)9(3)4/h9-11H,6-8H2,1-5H3. The first kappa shape index (κ1) is 14.3. The zero-order valence-corrected chi connectivity index (χ0v) is 10.6. The molecule has 0 aromatic carbocycles. The first-order valence-electron chi connectivity index (χ1n) is 5.88. The lowest BCUT2D eigenvalue weighted by molar-refractivity contribution is -0.0128.